The normalized spacial score (nSPS) is 22.9. The highest BCUT2D eigenvalue weighted by Gasteiger charge is 2.19. The summed E-state index contributed by atoms with van der Waals surface area (Å²) in [7, 11) is 2.15. The summed E-state index contributed by atoms with van der Waals surface area (Å²) in [6.45, 7) is 5.08. The van der Waals surface area contributed by atoms with Gasteiger partial charge in [-0.25, -0.2) is 0 Å². The first-order valence-electron chi connectivity index (χ1n) is 4.97. The van der Waals surface area contributed by atoms with E-state index in [9.17, 15) is 0 Å². The number of anilines is 1. The molecule has 0 saturated carbocycles. The van der Waals surface area contributed by atoms with Gasteiger partial charge in [-0.2, -0.15) is 4.98 Å². The van der Waals surface area contributed by atoms with Crippen LogP contribution in [0.4, 0.5) is 6.01 Å². The third-order valence-corrected chi connectivity index (χ3v) is 2.56. The molecule has 0 bridgehead atoms. The molecule has 0 radical (unpaired) electrons. The Kier molecular flexibility index (Phi) is 2.67. The van der Waals surface area contributed by atoms with E-state index in [0.717, 1.165) is 13.1 Å². The van der Waals surface area contributed by atoms with E-state index in [1.165, 1.54) is 13.0 Å². The molecule has 78 valence electrons. The van der Waals surface area contributed by atoms with Gasteiger partial charge >= 0.3 is 6.01 Å². The summed E-state index contributed by atoms with van der Waals surface area (Å²) in [5.41, 5.74) is 0. The first-order chi connectivity index (χ1) is 6.74. The molecule has 0 aromatic carbocycles. The van der Waals surface area contributed by atoms with Crippen molar-refractivity contribution < 1.29 is 4.52 Å². The number of aryl methyl sites for hydroxylation is 1. The van der Waals surface area contributed by atoms with Crippen LogP contribution < -0.4 is 5.32 Å². The second-order valence-corrected chi connectivity index (χ2v) is 3.94. The van der Waals surface area contributed by atoms with Gasteiger partial charge in [0.15, 0.2) is 5.82 Å². The zero-order valence-corrected chi connectivity index (χ0v) is 8.66. The van der Waals surface area contributed by atoms with Gasteiger partial charge in [0.25, 0.3) is 0 Å². The van der Waals surface area contributed by atoms with Gasteiger partial charge in [-0.1, -0.05) is 5.16 Å². The highest BCUT2D eigenvalue weighted by atomic mass is 16.5. The number of likely N-dealkylation sites (tertiary alicyclic amines) is 1. The Balaban J connectivity index is 1.77. The minimum atomic E-state index is 0.539. The van der Waals surface area contributed by atoms with Crippen LogP contribution in [0.1, 0.15) is 12.2 Å². The number of rotatable bonds is 3. The van der Waals surface area contributed by atoms with Crippen molar-refractivity contribution in [1.29, 1.82) is 0 Å². The van der Waals surface area contributed by atoms with Gasteiger partial charge in [-0.15, -0.1) is 0 Å². The summed E-state index contributed by atoms with van der Waals surface area (Å²) < 4.78 is 4.97. The van der Waals surface area contributed by atoms with Crippen LogP contribution in [0.5, 0.6) is 0 Å². The molecule has 1 saturated heterocycles. The first-order valence-corrected chi connectivity index (χ1v) is 4.97. The lowest BCUT2D eigenvalue weighted by atomic mass is 10.1. The van der Waals surface area contributed by atoms with Crippen molar-refractivity contribution in [3.8, 4) is 0 Å². The van der Waals surface area contributed by atoms with Gasteiger partial charge in [0, 0.05) is 13.1 Å². The Labute approximate surface area is 83.5 Å². The maximum absolute atomic E-state index is 4.97. The van der Waals surface area contributed by atoms with E-state index in [4.69, 9.17) is 4.52 Å². The molecule has 5 nitrogen and oxygen atoms in total. The lowest BCUT2D eigenvalue weighted by Crippen LogP contribution is -2.19. The molecule has 1 unspecified atom stereocenters. The van der Waals surface area contributed by atoms with Crippen LogP contribution >= 0.6 is 0 Å². The molecule has 1 aromatic heterocycles. The number of aromatic nitrogens is 2. The topological polar surface area (TPSA) is 54.2 Å². The summed E-state index contributed by atoms with van der Waals surface area (Å²) in [4.78, 5) is 6.43. The fourth-order valence-electron chi connectivity index (χ4n) is 1.79. The second-order valence-electron chi connectivity index (χ2n) is 3.94. The quantitative estimate of drug-likeness (QED) is 0.772. The number of hydrogen-bond acceptors (Lipinski definition) is 5. The van der Waals surface area contributed by atoms with Crippen LogP contribution in [0.2, 0.25) is 0 Å². The SMILES string of the molecule is Cc1noc(NCC2CCN(C)C2)n1. The van der Waals surface area contributed by atoms with E-state index in [0.29, 0.717) is 17.8 Å². The van der Waals surface area contributed by atoms with Gasteiger partial charge in [0.2, 0.25) is 0 Å². The van der Waals surface area contributed by atoms with Gasteiger partial charge in [-0.05, 0) is 32.9 Å². The number of nitrogens with zero attached hydrogens (tertiary/aromatic N) is 3. The Morgan fingerprint density at radius 3 is 3.07 bits per heavy atom. The van der Waals surface area contributed by atoms with Crippen LogP contribution in [-0.4, -0.2) is 41.7 Å². The van der Waals surface area contributed by atoms with Gasteiger partial charge < -0.3 is 14.7 Å². The molecular weight excluding hydrogens is 180 g/mol. The average molecular weight is 196 g/mol. The molecule has 0 amide bonds. The molecule has 2 rings (SSSR count). The molecule has 1 fully saturated rings. The predicted octanol–water partition coefficient (Wildman–Crippen LogP) is 0.742. The third-order valence-electron chi connectivity index (χ3n) is 2.56. The average Bonchev–Trinajstić information content (AvgIpc) is 2.72. The second kappa shape index (κ2) is 3.96. The van der Waals surface area contributed by atoms with E-state index in [1.807, 2.05) is 6.92 Å². The van der Waals surface area contributed by atoms with Crippen LogP contribution in [0.3, 0.4) is 0 Å². The Bertz CT molecular complexity index is 299. The van der Waals surface area contributed by atoms with E-state index in [1.54, 1.807) is 0 Å². The fraction of sp³-hybridized carbons (Fsp3) is 0.778. The van der Waals surface area contributed by atoms with Crippen molar-refractivity contribution in [2.75, 3.05) is 32.0 Å². The molecule has 5 heteroatoms. The molecular formula is C9H16N4O. The highest BCUT2D eigenvalue weighted by molar-refractivity contribution is 5.17. The van der Waals surface area contributed by atoms with E-state index < -0.39 is 0 Å². The van der Waals surface area contributed by atoms with Crippen LogP contribution in [0.15, 0.2) is 4.52 Å². The van der Waals surface area contributed by atoms with Crippen LogP contribution in [-0.2, 0) is 0 Å². The van der Waals surface area contributed by atoms with Crippen LogP contribution in [0.25, 0.3) is 0 Å². The van der Waals surface area contributed by atoms with Gasteiger partial charge in [-0.3, -0.25) is 0 Å². The lowest BCUT2D eigenvalue weighted by molar-refractivity contribution is 0.395. The van der Waals surface area contributed by atoms with Crippen molar-refractivity contribution in [3.05, 3.63) is 5.82 Å². The Morgan fingerprint density at radius 1 is 1.64 bits per heavy atom. The summed E-state index contributed by atoms with van der Waals surface area (Å²) in [5, 5.41) is 6.88. The minimum Gasteiger partial charge on any atom is -0.337 e. The van der Waals surface area contributed by atoms with E-state index in [2.05, 4.69) is 27.4 Å². The summed E-state index contributed by atoms with van der Waals surface area (Å²) in [5.74, 6) is 1.38. The fourth-order valence-corrected chi connectivity index (χ4v) is 1.79. The van der Waals surface area contributed by atoms with Crippen LogP contribution in [0, 0.1) is 12.8 Å². The summed E-state index contributed by atoms with van der Waals surface area (Å²) in [6.07, 6.45) is 1.25. The lowest BCUT2D eigenvalue weighted by Gasteiger charge is -2.09. The Morgan fingerprint density at radius 2 is 2.50 bits per heavy atom. The molecule has 0 aliphatic carbocycles. The minimum absolute atomic E-state index is 0.539. The zero-order valence-electron chi connectivity index (χ0n) is 8.66. The van der Waals surface area contributed by atoms with Crippen molar-refractivity contribution in [2.24, 2.45) is 5.92 Å². The third kappa shape index (κ3) is 2.23. The molecule has 2 heterocycles. The van der Waals surface area contributed by atoms with Crippen molar-refractivity contribution >= 4 is 6.01 Å². The molecule has 14 heavy (non-hydrogen) atoms. The van der Waals surface area contributed by atoms with Crippen molar-refractivity contribution in [2.45, 2.75) is 13.3 Å². The predicted molar refractivity (Wildman–Crippen MR) is 53.1 cm³/mol. The molecule has 0 spiro atoms. The van der Waals surface area contributed by atoms with Gasteiger partial charge in [0.05, 0.1) is 0 Å². The van der Waals surface area contributed by atoms with E-state index in [-0.39, 0.29) is 0 Å². The zero-order chi connectivity index (χ0) is 9.97. The Hall–Kier alpha value is -1.10. The molecule has 1 aliphatic heterocycles. The maximum Gasteiger partial charge on any atom is 0.321 e. The first kappa shape index (κ1) is 9.45. The molecule has 1 atom stereocenters. The largest absolute Gasteiger partial charge is 0.337 e. The van der Waals surface area contributed by atoms with E-state index >= 15 is 0 Å². The number of nitrogens with one attached hydrogen (secondary N) is 1. The molecule has 1 aromatic rings. The maximum atomic E-state index is 4.97. The van der Waals surface area contributed by atoms with Crippen molar-refractivity contribution in [3.63, 3.8) is 0 Å². The number of hydrogen-bond donors (Lipinski definition) is 1. The molecule has 1 aliphatic rings. The smallest absolute Gasteiger partial charge is 0.321 e. The highest BCUT2D eigenvalue weighted by Crippen LogP contribution is 2.14. The monoisotopic (exact) mass is 196 g/mol. The van der Waals surface area contributed by atoms with Crippen molar-refractivity contribution in [1.82, 2.24) is 15.0 Å². The standard InChI is InChI=1S/C9H16N4O/c1-7-11-9(14-12-7)10-5-8-3-4-13(2)6-8/h8H,3-6H2,1-2H3,(H,10,11,12). The van der Waals surface area contributed by atoms with Gasteiger partial charge in [0.1, 0.15) is 0 Å². The summed E-state index contributed by atoms with van der Waals surface area (Å²) in [6, 6.07) is 0.539. The molecule has 1 N–H and O–H groups in total. The summed E-state index contributed by atoms with van der Waals surface area (Å²) >= 11 is 0.